The topological polar surface area (TPSA) is 34.1 Å². The summed E-state index contributed by atoms with van der Waals surface area (Å²) in [4.78, 5) is 4.67. The minimum Gasteiger partial charge on any atom is -0.494 e. The van der Waals surface area contributed by atoms with E-state index in [2.05, 4.69) is 48.6 Å². The largest absolute Gasteiger partial charge is 0.494 e. The Balaban J connectivity index is 2.07. The molecule has 0 atom stereocenters. The minimum atomic E-state index is 0.478. The second kappa shape index (κ2) is 7.41. The molecule has 0 fully saturated rings. The van der Waals surface area contributed by atoms with Crippen LogP contribution in [0.3, 0.4) is 0 Å². The van der Waals surface area contributed by atoms with Crippen molar-refractivity contribution in [2.45, 2.75) is 39.8 Å². The maximum absolute atomic E-state index is 5.67. The smallest absolute Gasteiger partial charge is 0.123 e. The summed E-state index contributed by atoms with van der Waals surface area (Å²) in [5, 5.41) is 6.55. The molecule has 0 bridgehead atoms. The number of hydrogen-bond acceptors (Lipinski definition) is 4. The second-order valence-electron chi connectivity index (χ2n) is 5.06. The van der Waals surface area contributed by atoms with Gasteiger partial charge in [-0.2, -0.15) is 0 Å². The van der Waals surface area contributed by atoms with E-state index < -0.39 is 0 Å². The fraction of sp³-hybridized carbons (Fsp3) is 0.438. The highest BCUT2D eigenvalue weighted by Crippen LogP contribution is 2.27. The lowest BCUT2D eigenvalue weighted by Crippen LogP contribution is -2.21. The monoisotopic (exact) mass is 290 g/mol. The Morgan fingerprint density at radius 3 is 2.95 bits per heavy atom. The van der Waals surface area contributed by atoms with Crippen molar-refractivity contribution in [3.63, 3.8) is 0 Å². The molecule has 2 aromatic rings. The van der Waals surface area contributed by atoms with Gasteiger partial charge >= 0.3 is 0 Å². The highest BCUT2D eigenvalue weighted by molar-refractivity contribution is 7.13. The number of thiazole rings is 1. The van der Waals surface area contributed by atoms with Gasteiger partial charge in [-0.3, -0.25) is 0 Å². The molecule has 0 aliphatic rings. The molecule has 108 valence electrons. The number of nitrogens with one attached hydrogen (secondary N) is 1. The van der Waals surface area contributed by atoms with Crippen molar-refractivity contribution < 1.29 is 4.74 Å². The van der Waals surface area contributed by atoms with E-state index in [1.165, 1.54) is 0 Å². The molecule has 4 heteroatoms. The van der Waals surface area contributed by atoms with Crippen molar-refractivity contribution in [1.29, 1.82) is 0 Å². The van der Waals surface area contributed by atoms with E-state index in [1.807, 2.05) is 12.1 Å². The summed E-state index contributed by atoms with van der Waals surface area (Å²) in [6.07, 6.45) is 1.02. The summed E-state index contributed by atoms with van der Waals surface area (Å²) in [5.74, 6) is 0.918. The van der Waals surface area contributed by atoms with Crippen molar-refractivity contribution >= 4 is 11.3 Å². The van der Waals surface area contributed by atoms with Crippen LogP contribution in [0.2, 0.25) is 0 Å². The quantitative estimate of drug-likeness (QED) is 0.833. The predicted molar refractivity (Wildman–Crippen MR) is 85.3 cm³/mol. The molecule has 1 aromatic heterocycles. The van der Waals surface area contributed by atoms with Gasteiger partial charge in [-0.1, -0.05) is 32.9 Å². The molecular formula is C16H22N2OS. The van der Waals surface area contributed by atoms with Crippen molar-refractivity contribution in [2.75, 3.05) is 6.61 Å². The Hall–Kier alpha value is -1.39. The van der Waals surface area contributed by atoms with Gasteiger partial charge in [-0.05, 0) is 18.6 Å². The molecule has 0 saturated carbocycles. The highest BCUT2D eigenvalue weighted by Gasteiger charge is 2.06. The first-order valence-electron chi connectivity index (χ1n) is 7.10. The number of nitrogens with zero attached hydrogens (tertiary/aromatic N) is 1. The third kappa shape index (κ3) is 4.32. The van der Waals surface area contributed by atoms with Gasteiger partial charge in [0.05, 0.1) is 12.3 Å². The number of hydrogen-bond donors (Lipinski definition) is 1. The standard InChI is InChI=1S/C16H22N2OS/c1-4-8-19-15-7-5-6-13(9-15)16-18-14(11-20-16)10-17-12(2)3/h5-7,9,11-12,17H,4,8,10H2,1-3H3. The highest BCUT2D eigenvalue weighted by atomic mass is 32.1. The fourth-order valence-corrected chi connectivity index (χ4v) is 2.58. The van der Waals surface area contributed by atoms with Crippen LogP contribution in [0.25, 0.3) is 10.6 Å². The lowest BCUT2D eigenvalue weighted by atomic mass is 10.2. The molecule has 1 aromatic carbocycles. The molecule has 0 saturated heterocycles. The summed E-state index contributed by atoms with van der Waals surface area (Å²) in [5.41, 5.74) is 2.22. The molecule has 1 heterocycles. The zero-order valence-electron chi connectivity index (χ0n) is 12.3. The molecule has 1 N–H and O–H groups in total. The Morgan fingerprint density at radius 2 is 2.20 bits per heavy atom. The van der Waals surface area contributed by atoms with Crippen molar-refractivity contribution in [3.05, 3.63) is 35.3 Å². The van der Waals surface area contributed by atoms with E-state index >= 15 is 0 Å². The number of aromatic nitrogens is 1. The first kappa shape index (κ1) is 15.0. The van der Waals surface area contributed by atoms with E-state index in [0.29, 0.717) is 6.04 Å². The van der Waals surface area contributed by atoms with Gasteiger partial charge in [-0.25, -0.2) is 4.98 Å². The minimum absolute atomic E-state index is 0.478. The van der Waals surface area contributed by atoms with E-state index in [4.69, 9.17) is 4.74 Å². The van der Waals surface area contributed by atoms with E-state index in [1.54, 1.807) is 11.3 Å². The summed E-state index contributed by atoms with van der Waals surface area (Å²) in [6.45, 7) is 7.97. The summed E-state index contributed by atoms with van der Waals surface area (Å²) < 4.78 is 5.67. The molecular weight excluding hydrogens is 268 g/mol. The molecule has 2 rings (SSSR count). The normalized spacial score (nSPS) is 11.0. The van der Waals surface area contributed by atoms with E-state index in [9.17, 15) is 0 Å². The molecule has 0 radical (unpaired) electrons. The first-order chi connectivity index (χ1) is 9.69. The van der Waals surface area contributed by atoms with Crippen LogP contribution >= 0.6 is 11.3 Å². The third-order valence-electron chi connectivity index (χ3n) is 2.80. The van der Waals surface area contributed by atoms with Crippen LogP contribution in [0.4, 0.5) is 0 Å². The average molecular weight is 290 g/mol. The van der Waals surface area contributed by atoms with Gasteiger partial charge in [0.25, 0.3) is 0 Å². The van der Waals surface area contributed by atoms with Crippen LogP contribution in [0.15, 0.2) is 29.6 Å². The number of rotatable bonds is 7. The van der Waals surface area contributed by atoms with E-state index in [0.717, 1.165) is 41.6 Å². The van der Waals surface area contributed by atoms with Crippen LogP contribution in [-0.4, -0.2) is 17.6 Å². The molecule has 0 unspecified atom stereocenters. The fourth-order valence-electron chi connectivity index (χ4n) is 1.77. The summed E-state index contributed by atoms with van der Waals surface area (Å²) >= 11 is 1.68. The van der Waals surface area contributed by atoms with Gasteiger partial charge in [0.15, 0.2) is 0 Å². The second-order valence-corrected chi connectivity index (χ2v) is 5.91. The first-order valence-corrected chi connectivity index (χ1v) is 7.98. The molecule has 0 spiro atoms. The summed E-state index contributed by atoms with van der Waals surface area (Å²) in [7, 11) is 0. The molecule has 20 heavy (non-hydrogen) atoms. The van der Waals surface area contributed by atoms with Gasteiger partial charge in [0.2, 0.25) is 0 Å². The maximum atomic E-state index is 5.67. The summed E-state index contributed by atoms with van der Waals surface area (Å²) in [6, 6.07) is 8.64. The third-order valence-corrected chi connectivity index (χ3v) is 3.74. The average Bonchev–Trinajstić information content (AvgIpc) is 2.92. The maximum Gasteiger partial charge on any atom is 0.123 e. The zero-order valence-corrected chi connectivity index (χ0v) is 13.2. The van der Waals surface area contributed by atoms with Crippen LogP contribution in [0.5, 0.6) is 5.75 Å². The lowest BCUT2D eigenvalue weighted by molar-refractivity contribution is 0.317. The van der Waals surface area contributed by atoms with Crippen LogP contribution in [0.1, 0.15) is 32.9 Å². The van der Waals surface area contributed by atoms with Crippen LogP contribution in [-0.2, 0) is 6.54 Å². The van der Waals surface area contributed by atoms with Crippen molar-refractivity contribution in [1.82, 2.24) is 10.3 Å². The molecule has 3 nitrogen and oxygen atoms in total. The predicted octanol–water partition coefficient (Wildman–Crippen LogP) is 4.10. The van der Waals surface area contributed by atoms with Crippen LogP contribution in [0, 0.1) is 0 Å². The number of benzene rings is 1. The van der Waals surface area contributed by atoms with Crippen molar-refractivity contribution in [3.8, 4) is 16.3 Å². The number of ether oxygens (including phenoxy) is 1. The SMILES string of the molecule is CCCOc1cccc(-c2nc(CNC(C)C)cs2)c1. The van der Waals surface area contributed by atoms with Gasteiger partial charge in [-0.15, -0.1) is 11.3 Å². The lowest BCUT2D eigenvalue weighted by Gasteiger charge is -2.06. The molecule has 0 amide bonds. The molecule has 0 aliphatic carbocycles. The Morgan fingerprint density at radius 1 is 1.35 bits per heavy atom. The van der Waals surface area contributed by atoms with E-state index in [-0.39, 0.29) is 0 Å². The van der Waals surface area contributed by atoms with Crippen molar-refractivity contribution in [2.24, 2.45) is 0 Å². The van der Waals surface area contributed by atoms with Gasteiger partial charge < -0.3 is 10.1 Å². The van der Waals surface area contributed by atoms with Gasteiger partial charge in [0.1, 0.15) is 10.8 Å². The Kier molecular flexibility index (Phi) is 5.56. The zero-order chi connectivity index (χ0) is 14.4. The van der Waals surface area contributed by atoms with Crippen LogP contribution < -0.4 is 10.1 Å². The van der Waals surface area contributed by atoms with Gasteiger partial charge in [0, 0.05) is 23.5 Å². The Bertz CT molecular complexity index is 537. The molecule has 0 aliphatic heterocycles. The Labute approximate surface area is 125 Å².